The Morgan fingerprint density at radius 1 is 1.47 bits per heavy atom. The molecule has 0 radical (unpaired) electrons. The molecule has 0 fully saturated rings. The van der Waals surface area contributed by atoms with Gasteiger partial charge < -0.3 is 5.32 Å². The zero-order valence-electron chi connectivity index (χ0n) is 10.7. The van der Waals surface area contributed by atoms with Gasteiger partial charge in [-0.2, -0.15) is 0 Å². The Morgan fingerprint density at radius 3 is 2.94 bits per heavy atom. The van der Waals surface area contributed by atoms with Crippen molar-refractivity contribution < 1.29 is 4.79 Å². The van der Waals surface area contributed by atoms with Crippen molar-refractivity contribution in [2.75, 3.05) is 20.1 Å². The lowest BCUT2D eigenvalue weighted by atomic mass is 10.2. The number of likely N-dealkylation sites (N-methyl/N-ethyl adjacent to an activating group) is 1. The molecule has 0 unspecified atom stereocenters. The van der Waals surface area contributed by atoms with Gasteiger partial charge in [0.15, 0.2) is 0 Å². The molecular weight excluding hydrogens is 232 g/mol. The first-order valence-corrected chi connectivity index (χ1v) is 7.08. The second-order valence-corrected chi connectivity index (χ2v) is 5.34. The normalized spacial score (nSPS) is 10.8. The van der Waals surface area contributed by atoms with Gasteiger partial charge in [0.1, 0.15) is 0 Å². The molecule has 4 heteroatoms. The lowest BCUT2D eigenvalue weighted by Crippen LogP contribution is -2.35. The monoisotopic (exact) mass is 254 g/mol. The average molecular weight is 254 g/mol. The molecule has 3 nitrogen and oxygen atoms in total. The molecule has 0 aliphatic rings. The molecule has 17 heavy (non-hydrogen) atoms. The average Bonchev–Trinajstić information content (AvgIpc) is 2.77. The Bertz CT molecular complexity index is 311. The topological polar surface area (TPSA) is 32.3 Å². The van der Waals surface area contributed by atoms with Crippen LogP contribution >= 0.6 is 11.3 Å². The maximum absolute atomic E-state index is 11.6. The van der Waals surface area contributed by atoms with Gasteiger partial charge in [-0.15, -0.1) is 11.3 Å². The van der Waals surface area contributed by atoms with Gasteiger partial charge in [0, 0.05) is 18.0 Å². The van der Waals surface area contributed by atoms with Crippen LogP contribution in [-0.2, 0) is 11.3 Å². The van der Waals surface area contributed by atoms with E-state index in [1.807, 2.05) is 18.0 Å². The van der Waals surface area contributed by atoms with Gasteiger partial charge in [-0.3, -0.25) is 9.69 Å². The van der Waals surface area contributed by atoms with Crippen molar-refractivity contribution in [2.45, 2.75) is 32.7 Å². The molecule has 0 saturated carbocycles. The molecule has 0 aromatic carbocycles. The summed E-state index contributed by atoms with van der Waals surface area (Å²) in [6, 6.07) is 4.14. The number of nitrogens with zero attached hydrogens (tertiary/aromatic N) is 1. The number of carbonyl (C=O) groups excluding carboxylic acids is 1. The van der Waals surface area contributed by atoms with Crippen LogP contribution in [0.1, 0.15) is 31.1 Å². The van der Waals surface area contributed by atoms with Crippen molar-refractivity contribution in [3.05, 3.63) is 22.4 Å². The van der Waals surface area contributed by atoms with E-state index in [1.165, 1.54) is 17.7 Å². The van der Waals surface area contributed by atoms with E-state index < -0.39 is 0 Å². The van der Waals surface area contributed by atoms with Gasteiger partial charge in [0.05, 0.1) is 6.54 Å². The summed E-state index contributed by atoms with van der Waals surface area (Å²) in [4.78, 5) is 14.9. The van der Waals surface area contributed by atoms with Crippen molar-refractivity contribution in [3.63, 3.8) is 0 Å². The number of hydrogen-bond donors (Lipinski definition) is 1. The highest BCUT2D eigenvalue weighted by atomic mass is 32.1. The van der Waals surface area contributed by atoms with E-state index in [9.17, 15) is 4.79 Å². The van der Waals surface area contributed by atoms with Crippen molar-refractivity contribution in [3.8, 4) is 0 Å². The van der Waals surface area contributed by atoms with Crippen molar-refractivity contribution in [1.29, 1.82) is 0 Å². The van der Waals surface area contributed by atoms with Crippen LogP contribution in [0.2, 0.25) is 0 Å². The molecular formula is C13H22N2OS. The Labute approximate surface area is 108 Å². The van der Waals surface area contributed by atoms with Gasteiger partial charge >= 0.3 is 0 Å². The fraction of sp³-hybridized carbons (Fsp3) is 0.615. The van der Waals surface area contributed by atoms with E-state index in [1.54, 1.807) is 11.3 Å². The van der Waals surface area contributed by atoms with Crippen LogP contribution in [0.3, 0.4) is 0 Å². The lowest BCUT2D eigenvalue weighted by Gasteiger charge is -2.15. The van der Waals surface area contributed by atoms with E-state index in [-0.39, 0.29) is 5.91 Å². The third-order valence-electron chi connectivity index (χ3n) is 2.52. The third kappa shape index (κ3) is 6.44. The van der Waals surface area contributed by atoms with Crippen LogP contribution in [0.15, 0.2) is 17.5 Å². The molecule has 0 aliphatic heterocycles. The largest absolute Gasteiger partial charge is 0.355 e. The highest BCUT2D eigenvalue weighted by molar-refractivity contribution is 7.09. The summed E-state index contributed by atoms with van der Waals surface area (Å²) in [7, 11) is 1.98. The molecule has 1 amide bonds. The smallest absolute Gasteiger partial charge is 0.234 e. The number of carbonyl (C=O) groups is 1. The van der Waals surface area contributed by atoms with Crippen LogP contribution in [0.4, 0.5) is 0 Å². The summed E-state index contributed by atoms with van der Waals surface area (Å²) in [5.41, 5.74) is 0. The van der Waals surface area contributed by atoms with Gasteiger partial charge in [0.25, 0.3) is 0 Å². The molecule has 0 spiro atoms. The third-order valence-corrected chi connectivity index (χ3v) is 3.38. The van der Waals surface area contributed by atoms with Crippen molar-refractivity contribution >= 4 is 17.2 Å². The highest BCUT2D eigenvalue weighted by Crippen LogP contribution is 2.10. The quantitative estimate of drug-likeness (QED) is 0.723. The number of unbranched alkanes of at least 4 members (excludes halogenated alkanes) is 2. The Hall–Kier alpha value is -0.870. The molecule has 1 N–H and O–H groups in total. The summed E-state index contributed by atoms with van der Waals surface area (Å²) < 4.78 is 0. The first kappa shape index (κ1) is 14.2. The zero-order valence-corrected chi connectivity index (χ0v) is 11.6. The van der Waals surface area contributed by atoms with Gasteiger partial charge in [-0.25, -0.2) is 0 Å². The highest BCUT2D eigenvalue weighted by Gasteiger charge is 2.06. The maximum Gasteiger partial charge on any atom is 0.234 e. The Morgan fingerprint density at radius 2 is 2.29 bits per heavy atom. The van der Waals surface area contributed by atoms with Crippen LogP contribution in [-0.4, -0.2) is 30.9 Å². The molecule has 0 saturated heterocycles. The summed E-state index contributed by atoms with van der Waals surface area (Å²) in [6.07, 6.45) is 3.45. The van der Waals surface area contributed by atoms with Gasteiger partial charge in [-0.1, -0.05) is 25.8 Å². The number of rotatable bonds is 8. The first-order chi connectivity index (χ1) is 8.22. The predicted molar refractivity (Wildman–Crippen MR) is 73.2 cm³/mol. The van der Waals surface area contributed by atoms with E-state index in [2.05, 4.69) is 23.7 Å². The Kier molecular flexibility index (Phi) is 6.89. The van der Waals surface area contributed by atoms with Gasteiger partial charge in [-0.05, 0) is 24.9 Å². The SMILES string of the molecule is CCCCCNC(=O)CN(C)Cc1cccs1. The second-order valence-electron chi connectivity index (χ2n) is 4.31. The molecule has 0 bridgehead atoms. The van der Waals surface area contributed by atoms with Crippen molar-refractivity contribution in [1.82, 2.24) is 10.2 Å². The second kappa shape index (κ2) is 8.25. The Balaban J connectivity index is 2.13. The minimum absolute atomic E-state index is 0.125. The minimum atomic E-state index is 0.125. The van der Waals surface area contributed by atoms with Crippen LogP contribution in [0, 0.1) is 0 Å². The van der Waals surface area contributed by atoms with Gasteiger partial charge in [0.2, 0.25) is 5.91 Å². The lowest BCUT2D eigenvalue weighted by molar-refractivity contribution is -0.122. The maximum atomic E-state index is 11.6. The van der Waals surface area contributed by atoms with E-state index in [0.717, 1.165) is 19.5 Å². The van der Waals surface area contributed by atoms with E-state index >= 15 is 0 Å². The standard InChI is InChI=1S/C13H22N2OS/c1-3-4-5-8-14-13(16)11-15(2)10-12-7-6-9-17-12/h6-7,9H,3-5,8,10-11H2,1-2H3,(H,14,16). The minimum Gasteiger partial charge on any atom is -0.355 e. The summed E-state index contributed by atoms with van der Waals surface area (Å²) in [6.45, 7) is 4.29. The summed E-state index contributed by atoms with van der Waals surface area (Å²) >= 11 is 1.73. The molecule has 0 aliphatic carbocycles. The fourth-order valence-electron chi connectivity index (χ4n) is 1.63. The molecule has 1 aromatic rings. The van der Waals surface area contributed by atoms with Crippen LogP contribution < -0.4 is 5.32 Å². The number of nitrogens with one attached hydrogen (secondary N) is 1. The van der Waals surface area contributed by atoms with Crippen LogP contribution in [0.25, 0.3) is 0 Å². The molecule has 0 atom stereocenters. The molecule has 96 valence electrons. The number of hydrogen-bond acceptors (Lipinski definition) is 3. The predicted octanol–water partition coefficient (Wildman–Crippen LogP) is 2.49. The number of thiophene rings is 1. The summed E-state index contributed by atoms with van der Waals surface area (Å²) in [5, 5.41) is 5.01. The molecule has 1 rings (SSSR count). The van der Waals surface area contributed by atoms with E-state index in [4.69, 9.17) is 0 Å². The summed E-state index contributed by atoms with van der Waals surface area (Å²) in [5.74, 6) is 0.125. The number of amides is 1. The molecule has 1 aromatic heterocycles. The van der Waals surface area contributed by atoms with E-state index in [0.29, 0.717) is 6.54 Å². The first-order valence-electron chi connectivity index (χ1n) is 6.20. The zero-order chi connectivity index (χ0) is 12.5. The van der Waals surface area contributed by atoms with Crippen molar-refractivity contribution in [2.24, 2.45) is 0 Å². The molecule has 1 heterocycles. The fourth-order valence-corrected chi connectivity index (χ4v) is 2.41. The van der Waals surface area contributed by atoms with Crippen LogP contribution in [0.5, 0.6) is 0 Å².